The van der Waals surface area contributed by atoms with Gasteiger partial charge < -0.3 is 0 Å². The second-order valence-electron chi connectivity index (χ2n) is 7.53. The Morgan fingerprint density at radius 3 is 2.33 bits per heavy atom. The van der Waals surface area contributed by atoms with Gasteiger partial charge in [0.05, 0.1) is 0 Å². The van der Waals surface area contributed by atoms with Crippen LogP contribution < -0.4 is 0 Å². The summed E-state index contributed by atoms with van der Waals surface area (Å²) in [5, 5.41) is 0. The Labute approximate surface area is 130 Å². The molecule has 2 atom stereocenters. The molecular formula is C20H30O. The highest BCUT2D eigenvalue weighted by molar-refractivity contribution is 5.73. The monoisotopic (exact) mass is 286 g/mol. The lowest BCUT2D eigenvalue weighted by Crippen LogP contribution is -1.91. The average molecular weight is 286 g/mol. The molecule has 1 fully saturated rings. The van der Waals surface area contributed by atoms with Crippen LogP contribution in [0.15, 0.2) is 34.9 Å². The van der Waals surface area contributed by atoms with Crippen LogP contribution in [0.2, 0.25) is 0 Å². The molecule has 2 rings (SSSR count). The summed E-state index contributed by atoms with van der Waals surface area (Å²) < 4.78 is 0. The summed E-state index contributed by atoms with van der Waals surface area (Å²) in [6, 6.07) is 0. The van der Waals surface area contributed by atoms with E-state index < -0.39 is 0 Å². The molecule has 0 heterocycles. The fraction of sp³-hybridized carbons (Fsp3) is 0.650. The first-order valence-corrected chi connectivity index (χ1v) is 8.42. The summed E-state index contributed by atoms with van der Waals surface area (Å²) in [6.45, 7) is 9.17. The summed E-state index contributed by atoms with van der Waals surface area (Å²) in [4.78, 5) is 11.3. The van der Waals surface area contributed by atoms with E-state index in [1.165, 1.54) is 24.0 Å². The van der Waals surface area contributed by atoms with Crippen molar-refractivity contribution in [2.75, 3.05) is 0 Å². The standard InChI is InChI=1S/C20H30O/c1-15-7-5-8-16(2)11-12-18-19(20(18,3)4)13-17(14-21)10-6-9-15/h8-9,13-14,18-19H,5-7,10-12H2,1-4H3/t18-,19-/m1/s1. The van der Waals surface area contributed by atoms with Crippen LogP contribution in [0.4, 0.5) is 0 Å². The number of aldehydes is 1. The zero-order chi connectivity index (χ0) is 15.5. The van der Waals surface area contributed by atoms with Crippen molar-refractivity contribution < 1.29 is 4.79 Å². The first kappa shape index (κ1) is 16.3. The van der Waals surface area contributed by atoms with E-state index in [1.54, 1.807) is 0 Å². The third kappa shape index (κ3) is 4.18. The van der Waals surface area contributed by atoms with Gasteiger partial charge in [0.2, 0.25) is 0 Å². The first-order chi connectivity index (χ1) is 9.95. The molecule has 2 aliphatic carbocycles. The van der Waals surface area contributed by atoms with Gasteiger partial charge in [0.15, 0.2) is 0 Å². The van der Waals surface area contributed by atoms with Crippen LogP contribution in [0.3, 0.4) is 0 Å². The second-order valence-corrected chi connectivity index (χ2v) is 7.53. The molecule has 0 amide bonds. The van der Waals surface area contributed by atoms with Gasteiger partial charge in [0.25, 0.3) is 0 Å². The maximum Gasteiger partial charge on any atom is 0.145 e. The van der Waals surface area contributed by atoms with Crippen LogP contribution in [0.25, 0.3) is 0 Å². The Morgan fingerprint density at radius 2 is 1.67 bits per heavy atom. The molecular weight excluding hydrogens is 256 g/mol. The Balaban J connectivity index is 2.15. The zero-order valence-electron chi connectivity index (χ0n) is 14.1. The highest BCUT2D eigenvalue weighted by Gasteiger charge is 2.55. The molecule has 21 heavy (non-hydrogen) atoms. The summed E-state index contributed by atoms with van der Waals surface area (Å²) in [6.07, 6.45) is 14.7. The van der Waals surface area contributed by atoms with Gasteiger partial charge in [-0.2, -0.15) is 0 Å². The number of hydrogen-bond acceptors (Lipinski definition) is 1. The number of hydrogen-bond donors (Lipinski definition) is 0. The van der Waals surface area contributed by atoms with Crippen molar-refractivity contribution in [3.8, 4) is 0 Å². The molecule has 0 aromatic carbocycles. The fourth-order valence-corrected chi connectivity index (χ4v) is 3.70. The molecule has 0 unspecified atom stereocenters. The minimum Gasteiger partial charge on any atom is -0.298 e. The van der Waals surface area contributed by atoms with Gasteiger partial charge in [0.1, 0.15) is 6.29 Å². The molecule has 0 aliphatic heterocycles. The molecule has 2 aliphatic rings. The van der Waals surface area contributed by atoms with Gasteiger partial charge in [0, 0.05) is 0 Å². The topological polar surface area (TPSA) is 17.1 Å². The molecule has 0 aromatic rings. The maximum absolute atomic E-state index is 11.3. The third-order valence-electron chi connectivity index (χ3n) is 5.49. The molecule has 0 radical (unpaired) electrons. The zero-order valence-corrected chi connectivity index (χ0v) is 14.1. The highest BCUT2D eigenvalue weighted by Crippen LogP contribution is 2.61. The van der Waals surface area contributed by atoms with Crippen LogP contribution in [-0.2, 0) is 4.79 Å². The highest BCUT2D eigenvalue weighted by atomic mass is 16.1. The predicted octanol–water partition coefficient (Wildman–Crippen LogP) is 5.63. The summed E-state index contributed by atoms with van der Waals surface area (Å²) in [7, 11) is 0. The SMILES string of the molecule is CC1=CCCC(C=O)=C[C@@H]2[C@@H](CCC(C)=CCC1)C2(C)C. The van der Waals surface area contributed by atoms with E-state index >= 15 is 0 Å². The maximum atomic E-state index is 11.3. The van der Waals surface area contributed by atoms with Crippen LogP contribution in [-0.4, -0.2) is 6.29 Å². The van der Waals surface area contributed by atoms with E-state index in [0.717, 1.165) is 43.5 Å². The quantitative estimate of drug-likeness (QED) is 0.451. The molecule has 0 spiro atoms. The molecule has 1 heteroatoms. The van der Waals surface area contributed by atoms with Gasteiger partial charge in [-0.1, -0.05) is 43.2 Å². The van der Waals surface area contributed by atoms with Crippen LogP contribution in [0, 0.1) is 17.3 Å². The lowest BCUT2D eigenvalue weighted by Gasteiger charge is -2.05. The van der Waals surface area contributed by atoms with Crippen LogP contribution in [0.1, 0.15) is 66.2 Å². The molecule has 0 bridgehead atoms. The number of rotatable bonds is 1. The number of carbonyl (C=O) groups is 1. The third-order valence-corrected chi connectivity index (χ3v) is 5.49. The minimum absolute atomic E-state index is 0.375. The summed E-state index contributed by atoms with van der Waals surface area (Å²) in [5.74, 6) is 1.34. The Bertz CT molecular complexity index is 476. The fourth-order valence-electron chi connectivity index (χ4n) is 3.70. The van der Waals surface area contributed by atoms with E-state index in [-0.39, 0.29) is 0 Å². The van der Waals surface area contributed by atoms with Crippen molar-refractivity contribution in [3.05, 3.63) is 34.9 Å². The molecule has 116 valence electrons. The Hall–Kier alpha value is -1.11. The molecule has 1 saturated carbocycles. The lowest BCUT2D eigenvalue weighted by molar-refractivity contribution is -0.105. The van der Waals surface area contributed by atoms with E-state index in [0.29, 0.717) is 11.3 Å². The number of fused-ring (bicyclic) bond motifs is 1. The van der Waals surface area contributed by atoms with Crippen LogP contribution in [0.5, 0.6) is 0 Å². The van der Waals surface area contributed by atoms with Gasteiger partial charge >= 0.3 is 0 Å². The smallest absolute Gasteiger partial charge is 0.145 e. The van der Waals surface area contributed by atoms with Gasteiger partial charge in [-0.25, -0.2) is 0 Å². The minimum atomic E-state index is 0.375. The van der Waals surface area contributed by atoms with E-state index in [9.17, 15) is 4.79 Å². The first-order valence-electron chi connectivity index (χ1n) is 8.42. The van der Waals surface area contributed by atoms with Crippen molar-refractivity contribution in [3.63, 3.8) is 0 Å². The average Bonchev–Trinajstić information content (AvgIpc) is 2.94. The van der Waals surface area contributed by atoms with Crippen molar-refractivity contribution in [1.29, 1.82) is 0 Å². The molecule has 0 N–H and O–H groups in total. The van der Waals surface area contributed by atoms with Crippen molar-refractivity contribution >= 4 is 6.29 Å². The molecule has 0 aromatic heterocycles. The van der Waals surface area contributed by atoms with Crippen molar-refractivity contribution in [2.24, 2.45) is 17.3 Å². The van der Waals surface area contributed by atoms with Crippen LogP contribution >= 0.6 is 0 Å². The van der Waals surface area contributed by atoms with Gasteiger partial charge in [-0.3, -0.25) is 4.79 Å². The predicted molar refractivity (Wildman–Crippen MR) is 90.1 cm³/mol. The number of carbonyl (C=O) groups excluding carboxylic acids is 1. The summed E-state index contributed by atoms with van der Waals surface area (Å²) >= 11 is 0. The van der Waals surface area contributed by atoms with E-state index in [2.05, 4.69) is 45.9 Å². The Morgan fingerprint density at radius 1 is 1.05 bits per heavy atom. The van der Waals surface area contributed by atoms with E-state index in [4.69, 9.17) is 0 Å². The normalized spacial score (nSPS) is 30.2. The van der Waals surface area contributed by atoms with Crippen molar-refractivity contribution in [2.45, 2.75) is 66.2 Å². The second kappa shape index (κ2) is 6.77. The Kier molecular flexibility index (Phi) is 5.24. The lowest BCUT2D eigenvalue weighted by atomic mass is 10.0. The largest absolute Gasteiger partial charge is 0.298 e. The van der Waals surface area contributed by atoms with E-state index in [1.807, 2.05) is 0 Å². The molecule has 0 saturated heterocycles. The van der Waals surface area contributed by atoms with Crippen molar-refractivity contribution in [1.82, 2.24) is 0 Å². The van der Waals surface area contributed by atoms with Gasteiger partial charge in [-0.15, -0.1) is 0 Å². The molecule has 1 nitrogen and oxygen atoms in total. The number of allylic oxidation sites excluding steroid dienone is 6. The summed E-state index contributed by atoms with van der Waals surface area (Å²) in [5.41, 5.74) is 4.36. The van der Waals surface area contributed by atoms with Gasteiger partial charge in [-0.05, 0) is 75.2 Å².